The van der Waals surface area contributed by atoms with Gasteiger partial charge in [-0.15, -0.1) is 0 Å². The lowest BCUT2D eigenvalue weighted by Crippen LogP contribution is -2.32. The van der Waals surface area contributed by atoms with E-state index in [4.69, 9.17) is 24.7 Å². The molecule has 4 N–H and O–H groups in total. The minimum Gasteiger partial charge on any atom is -0.444 e. The number of carbonyl (C=O) groups is 2. The molecule has 0 spiro atoms. The van der Waals surface area contributed by atoms with Crippen LogP contribution in [0, 0.1) is 0 Å². The van der Waals surface area contributed by atoms with Gasteiger partial charge < -0.3 is 35.3 Å². The molecule has 0 aliphatic carbocycles. The van der Waals surface area contributed by atoms with Gasteiger partial charge in [-0.05, 0) is 33.6 Å². The van der Waals surface area contributed by atoms with Gasteiger partial charge in [0.15, 0.2) is 0 Å². The second-order valence-corrected chi connectivity index (χ2v) is 8.98. The molecule has 0 fully saturated rings. The summed E-state index contributed by atoms with van der Waals surface area (Å²) in [7, 11) is 0. The van der Waals surface area contributed by atoms with E-state index in [1.54, 1.807) is 0 Å². The lowest BCUT2D eigenvalue weighted by molar-refractivity contribution is -0.121. The maximum atomic E-state index is 11.8. The maximum Gasteiger partial charge on any atom is 0.407 e. The number of carbonyl (C=O) groups excluding carboxylic acids is 2. The molecule has 0 bridgehead atoms. The Bertz CT molecular complexity index is 472. The highest BCUT2D eigenvalue weighted by atomic mass is 16.6. The second kappa shape index (κ2) is 22.4. The molecular weight excluding hydrogens is 426 g/mol. The molecular formula is C24H49N3O6. The van der Waals surface area contributed by atoms with E-state index in [1.807, 2.05) is 20.8 Å². The van der Waals surface area contributed by atoms with Crippen LogP contribution in [-0.4, -0.2) is 76.9 Å². The Morgan fingerprint density at radius 2 is 1.18 bits per heavy atom. The van der Waals surface area contributed by atoms with Crippen LogP contribution in [0.4, 0.5) is 4.79 Å². The normalized spacial score (nSPS) is 11.4. The van der Waals surface area contributed by atoms with Crippen molar-refractivity contribution in [2.45, 2.75) is 84.2 Å². The molecule has 0 radical (unpaired) electrons. The Labute approximate surface area is 200 Å². The summed E-state index contributed by atoms with van der Waals surface area (Å²) in [6.07, 6.45) is 9.02. The van der Waals surface area contributed by atoms with Crippen LogP contribution >= 0.6 is 0 Å². The number of amides is 2. The van der Waals surface area contributed by atoms with Gasteiger partial charge in [-0.25, -0.2) is 4.79 Å². The number of nitrogens with two attached hydrogens (primary N) is 1. The predicted octanol–water partition coefficient (Wildman–Crippen LogP) is 3.15. The first-order valence-corrected chi connectivity index (χ1v) is 12.5. The first-order chi connectivity index (χ1) is 15.8. The smallest absolute Gasteiger partial charge is 0.407 e. The Morgan fingerprint density at radius 3 is 1.76 bits per heavy atom. The van der Waals surface area contributed by atoms with Crippen LogP contribution in [0.5, 0.6) is 0 Å². The molecule has 0 atom stereocenters. The average molecular weight is 476 g/mol. The minimum atomic E-state index is -0.449. The van der Waals surface area contributed by atoms with E-state index >= 15 is 0 Å². The zero-order chi connectivity index (χ0) is 24.6. The van der Waals surface area contributed by atoms with Crippen molar-refractivity contribution in [1.29, 1.82) is 0 Å². The Morgan fingerprint density at radius 1 is 0.667 bits per heavy atom. The molecule has 0 unspecified atom stereocenters. The number of hydrogen-bond acceptors (Lipinski definition) is 7. The molecule has 0 heterocycles. The molecule has 0 aromatic rings. The Kier molecular flexibility index (Phi) is 21.4. The fourth-order valence-electron chi connectivity index (χ4n) is 2.95. The summed E-state index contributed by atoms with van der Waals surface area (Å²) in [6.45, 7) is 10.4. The van der Waals surface area contributed by atoms with Gasteiger partial charge in [-0.1, -0.05) is 38.5 Å². The summed E-state index contributed by atoms with van der Waals surface area (Å²) in [5, 5.41) is 5.67. The molecule has 0 aromatic heterocycles. The van der Waals surface area contributed by atoms with Crippen LogP contribution in [0.25, 0.3) is 0 Å². The second-order valence-electron chi connectivity index (χ2n) is 8.98. The third-order valence-electron chi connectivity index (χ3n) is 4.57. The van der Waals surface area contributed by atoms with E-state index in [0.29, 0.717) is 65.7 Å². The predicted molar refractivity (Wildman–Crippen MR) is 130 cm³/mol. The van der Waals surface area contributed by atoms with Gasteiger partial charge in [0, 0.05) is 26.1 Å². The van der Waals surface area contributed by atoms with Gasteiger partial charge in [0.1, 0.15) is 5.60 Å². The van der Waals surface area contributed by atoms with Crippen molar-refractivity contribution < 1.29 is 28.5 Å². The molecule has 0 aromatic carbocycles. The van der Waals surface area contributed by atoms with Crippen molar-refractivity contribution in [1.82, 2.24) is 10.6 Å². The van der Waals surface area contributed by atoms with Gasteiger partial charge in [-0.2, -0.15) is 0 Å². The lowest BCUT2D eigenvalue weighted by atomic mass is 10.1. The molecule has 9 heteroatoms. The van der Waals surface area contributed by atoms with Crippen LogP contribution < -0.4 is 16.4 Å². The molecule has 196 valence electrons. The quantitative estimate of drug-likeness (QED) is 0.206. The third-order valence-corrected chi connectivity index (χ3v) is 4.57. The Hall–Kier alpha value is -1.42. The van der Waals surface area contributed by atoms with E-state index < -0.39 is 5.60 Å². The summed E-state index contributed by atoms with van der Waals surface area (Å²) >= 11 is 0. The van der Waals surface area contributed by atoms with Crippen molar-refractivity contribution in [3.63, 3.8) is 0 Å². The monoisotopic (exact) mass is 475 g/mol. The summed E-state index contributed by atoms with van der Waals surface area (Å²) < 4.78 is 21.2. The fraction of sp³-hybridized carbons (Fsp3) is 0.917. The van der Waals surface area contributed by atoms with Crippen LogP contribution in [0.1, 0.15) is 78.6 Å². The molecule has 0 aliphatic heterocycles. The van der Waals surface area contributed by atoms with Crippen molar-refractivity contribution in [2.75, 3.05) is 59.3 Å². The van der Waals surface area contributed by atoms with Crippen LogP contribution in [0.3, 0.4) is 0 Å². The number of unbranched alkanes of at least 4 members (excludes halogenated alkanes) is 7. The minimum absolute atomic E-state index is 0.0874. The molecule has 0 rings (SSSR count). The van der Waals surface area contributed by atoms with E-state index in [0.717, 1.165) is 32.1 Å². The Balaban J connectivity index is 3.25. The fourth-order valence-corrected chi connectivity index (χ4v) is 2.95. The summed E-state index contributed by atoms with van der Waals surface area (Å²) in [4.78, 5) is 23.3. The van der Waals surface area contributed by atoms with Crippen LogP contribution in [0.2, 0.25) is 0 Å². The largest absolute Gasteiger partial charge is 0.444 e. The topological polar surface area (TPSA) is 121 Å². The molecule has 33 heavy (non-hydrogen) atoms. The molecule has 2 amide bonds. The maximum absolute atomic E-state index is 11.8. The third kappa shape index (κ3) is 26.7. The first-order valence-electron chi connectivity index (χ1n) is 12.5. The molecule has 0 saturated carbocycles. The highest BCUT2D eigenvalue weighted by Gasteiger charge is 2.15. The number of nitrogens with one attached hydrogen (secondary N) is 2. The van der Waals surface area contributed by atoms with Crippen molar-refractivity contribution in [2.24, 2.45) is 5.73 Å². The molecule has 0 aliphatic rings. The SMILES string of the molecule is CC(C)(C)OC(=O)NCCCCCCCCCCC(=O)NCCOCCOCCOCCN. The summed E-state index contributed by atoms with van der Waals surface area (Å²) in [5.41, 5.74) is 4.87. The van der Waals surface area contributed by atoms with Crippen LogP contribution in [0.15, 0.2) is 0 Å². The van der Waals surface area contributed by atoms with E-state index in [9.17, 15) is 9.59 Å². The lowest BCUT2D eigenvalue weighted by Gasteiger charge is -2.19. The molecule has 0 saturated heterocycles. The van der Waals surface area contributed by atoms with E-state index in [-0.39, 0.29) is 12.0 Å². The zero-order valence-corrected chi connectivity index (χ0v) is 21.3. The van der Waals surface area contributed by atoms with Gasteiger partial charge >= 0.3 is 6.09 Å². The standard InChI is InChI=1S/C24H49N3O6/c1-24(2,3)33-23(29)27-14-11-9-7-5-4-6-8-10-12-22(28)26-15-17-31-19-21-32-20-18-30-16-13-25/h4-21,25H2,1-3H3,(H,26,28)(H,27,29). The van der Waals surface area contributed by atoms with Crippen LogP contribution in [-0.2, 0) is 23.7 Å². The van der Waals surface area contributed by atoms with Crippen molar-refractivity contribution in [3.05, 3.63) is 0 Å². The summed E-state index contributed by atoms with van der Waals surface area (Å²) in [5.74, 6) is 0.0874. The molecule has 9 nitrogen and oxygen atoms in total. The van der Waals surface area contributed by atoms with Gasteiger partial charge in [-0.3, -0.25) is 4.79 Å². The van der Waals surface area contributed by atoms with Crippen molar-refractivity contribution >= 4 is 12.0 Å². The average Bonchev–Trinajstić information content (AvgIpc) is 2.74. The highest BCUT2D eigenvalue weighted by molar-refractivity contribution is 5.75. The number of rotatable bonds is 22. The van der Waals surface area contributed by atoms with E-state index in [1.165, 1.54) is 19.3 Å². The zero-order valence-electron chi connectivity index (χ0n) is 21.3. The van der Waals surface area contributed by atoms with Crippen molar-refractivity contribution in [3.8, 4) is 0 Å². The highest BCUT2D eigenvalue weighted by Crippen LogP contribution is 2.10. The summed E-state index contributed by atoms with van der Waals surface area (Å²) in [6, 6.07) is 0. The van der Waals surface area contributed by atoms with Gasteiger partial charge in [0.2, 0.25) is 5.91 Å². The van der Waals surface area contributed by atoms with Gasteiger partial charge in [0.05, 0.1) is 39.6 Å². The first kappa shape index (κ1) is 31.6. The number of hydrogen-bond donors (Lipinski definition) is 3. The van der Waals surface area contributed by atoms with E-state index in [2.05, 4.69) is 10.6 Å². The van der Waals surface area contributed by atoms with Gasteiger partial charge in [0.25, 0.3) is 0 Å². The number of ether oxygens (including phenoxy) is 4. The number of alkyl carbamates (subject to hydrolysis) is 1.